The molecule has 1 unspecified atom stereocenters. The van der Waals surface area contributed by atoms with Crippen LogP contribution in [0.3, 0.4) is 0 Å². The third kappa shape index (κ3) is 2.15. The van der Waals surface area contributed by atoms with Crippen LogP contribution in [0, 0.1) is 0 Å². The molecule has 0 aromatic rings. The summed E-state index contributed by atoms with van der Waals surface area (Å²) in [6, 6.07) is 0. The van der Waals surface area contributed by atoms with Crippen molar-refractivity contribution in [1.29, 1.82) is 0 Å². The first-order valence-corrected chi connectivity index (χ1v) is 5.86. The monoisotopic (exact) mass is 186 g/mol. The summed E-state index contributed by atoms with van der Waals surface area (Å²) < 4.78 is 0. The molecule has 2 rings (SSSR count). The highest BCUT2D eigenvalue weighted by atomic mass is 32.2. The molecule has 1 aliphatic carbocycles. The van der Waals surface area contributed by atoms with Crippen LogP contribution in [0.1, 0.15) is 19.8 Å². The average Bonchev–Trinajstić information content (AvgIpc) is 2.67. The first-order chi connectivity index (χ1) is 5.68. The highest BCUT2D eigenvalue weighted by molar-refractivity contribution is 7.99. The van der Waals surface area contributed by atoms with Gasteiger partial charge in [-0.05, 0) is 12.8 Å². The van der Waals surface area contributed by atoms with Crippen molar-refractivity contribution in [3.8, 4) is 0 Å². The zero-order chi connectivity index (χ0) is 8.60. The van der Waals surface area contributed by atoms with Gasteiger partial charge in [-0.25, -0.2) is 0 Å². The number of nitrogens with two attached hydrogens (primary N) is 1. The van der Waals surface area contributed by atoms with Gasteiger partial charge in [-0.1, -0.05) is 6.92 Å². The van der Waals surface area contributed by atoms with E-state index in [-0.39, 0.29) is 5.54 Å². The van der Waals surface area contributed by atoms with Crippen molar-refractivity contribution in [2.75, 3.05) is 25.4 Å². The van der Waals surface area contributed by atoms with E-state index in [0.717, 1.165) is 11.8 Å². The summed E-state index contributed by atoms with van der Waals surface area (Å²) in [5, 5.41) is 0.807. The number of thioether (sulfide) groups is 1. The van der Waals surface area contributed by atoms with Gasteiger partial charge in [0.05, 0.1) is 0 Å². The average molecular weight is 186 g/mol. The third-order valence-corrected chi connectivity index (χ3v) is 3.89. The highest BCUT2D eigenvalue weighted by Gasteiger charge is 2.40. The standard InChI is InChI=1S/C9H18N2S/c1-8-6-11(4-5-12-8)7-9(10)2-3-9/h8H,2-7,10H2,1H3. The van der Waals surface area contributed by atoms with Crippen molar-refractivity contribution in [1.82, 2.24) is 4.90 Å². The summed E-state index contributed by atoms with van der Waals surface area (Å²) in [6.07, 6.45) is 2.48. The van der Waals surface area contributed by atoms with E-state index >= 15 is 0 Å². The van der Waals surface area contributed by atoms with Gasteiger partial charge < -0.3 is 5.73 Å². The second kappa shape index (κ2) is 3.20. The first kappa shape index (κ1) is 8.85. The SMILES string of the molecule is CC1CN(CC2(N)CC2)CCS1. The first-order valence-electron chi connectivity index (χ1n) is 4.81. The second-order valence-corrected chi connectivity index (χ2v) is 5.83. The Bertz CT molecular complexity index is 168. The Hall–Kier alpha value is 0.270. The molecule has 2 N–H and O–H groups in total. The van der Waals surface area contributed by atoms with Gasteiger partial charge in [0.1, 0.15) is 0 Å². The predicted octanol–water partition coefficient (Wildman–Crippen LogP) is 0.915. The van der Waals surface area contributed by atoms with Crippen LogP contribution < -0.4 is 5.73 Å². The molecule has 70 valence electrons. The molecule has 0 radical (unpaired) electrons. The minimum atomic E-state index is 0.210. The molecule has 0 aromatic carbocycles. The fourth-order valence-corrected chi connectivity index (χ4v) is 2.88. The van der Waals surface area contributed by atoms with Crippen molar-refractivity contribution in [2.24, 2.45) is 5.73 Å². The van der Waals surface area contributed by atoms with Gasteiger partial charge in [-0.2, -0.15) is 11.8 Å². The van der Waals surface area contributed by atoms with Crippen molar-refractivity contribution in [3.05, 3.63) is 0 Å². The molecular formula is C9H18N2S. The molecule has 0 spiro atoms. The zero-order valence-corrected chi connectivity index (χ0v) is 8.57. The summed E-state index contributed by atoms with van der Waals surface area (Å²) in [7, 11) is 0. The fraction of sp³-hybridized carbons (Fsp3) is 1.00. The molecule has 2 fully saturated rings. The molecule has 1 atom stereocenters. The summed E-state index contributed by atoms with van der Waals surface area (Å²) in [6.45, 7) is 5.93. The molecule has 1 saturated carbocycles. The normalized spacial score (nSPS) is 35.0. The lowest BCUT2D eigenvalue weighted by Crippen LogP contribution is -2.45. The van der Waals surface area contributed by atoms with Crippen LogP contribution in [-0.4, -0.2) is 41.1 Å². The molecule has 12 heavy (non-hydrogen) atoms. The van der Waals surface area contributed by atoms with E-state index in [1.807, 2.05) is 0 Å². The molecular weight excluding hydrogens is 168 g/mol. The van der Waals surface area contributed by atoms with Crippen molar-refractivity contribution in [3.63, 3.8) is 0 Å². The molecule has 1 aliphatic heterocycles. The Balaban J connectivity index is 1.79. The Labute approximate surface area is 78.9 Å². The molecule has 3 heteroatoms. The van der Waals surface area contributed by atoms with Crippen LogP contribution in [0.5, 0.6) is 0 Å². The summed E-state index contributed by atoms with van der Waals surface area (Å²) >= 11 is 2.09. The van der Waals surface area contributed by atoms with Gasteiger partial charge in [-0.15, -0.1) is 0 Å². The van der Waals surface area contributed by atoms with Crippen LogP contribution in [0.15, 0.2) is 0 Å². The summed E-state index contributed by atoms with van der Waals surface area (Å²) in [5.74, 6) is 1.29. The minimum Gasteiger partial charge on any atom is -0.324 e. The topological polar surface area (TPSA) is 29.3 Å². The maximum atomic E-state index is 6.07. The van der Waals surface area contributed by atoms with Crippen LogP contribution in [0.25, 0.3) is 0 Å². The minimum absolute atomic E-state index is 0.210. The van der Waals surface area contributed by atoms with E-state index in [0.29, 0.717) is 0 Å². The van der Waals surface area contributed by atoms with Gasteiger partial charge in [0.15, 0.2) is 0 Å². The quantitative estimate of drug-likeness (QED) is 0.695. The molecule has 0 bridgehead atoms. The maximum Gasteiger partial charge on any atom is 0.0284 e. The molecule has 0 amide bonds. The Morgan fingerprint density at radius 1 is 1.58 bits per heavy atom. The van der Waals surface area contributed by atoms with Gasteiger partial charge >= 0.3 is 0 Å². The van der Waals surface area contributed by atoms with E-state index in [4.69, 9.17) is 5.73 Å². The second-order valence-electron chi connectivity index (χ2n) is 4.28. The van der Waals surface area contributed by atoms with Gasteiger partial charge in [0.2, 0.25) is 0 Å². The lowest BCUT2D eigenvalue weighted by Gasteiger charge is -2.32. The highest BCUT2D eigenvalue weighted by Crippen LogP contribution is 2.33. The van der Waals surface area contributed by atoms with Crippen LogP contribution in [0.4, 0.5) is 0 Å². The van der Waals surface area contributed by atoms with E-state index < -0.39 is 0 Å². The van der Waals surface area contributed by atoms with E-state index in [1.165, 1.54) is 31.7 Å². The Morgan fingerprint density at radius 2 is 2.33 bits per heavy atom. The lowest BCUT2D eigenvalue weighted by atomic mass is 10.2. The molecule has 2 aliphatic rings. The van der Waals surface area contributed by atoms with E-state index in [9.17, 15) is 0 Å². The molecule has 1 heterocycles. The third-order valence-electron chi connectivity index (χ3n) is 2.76. The Kier molecular flexibility index (Phi) is 2.36. The lowest BCUT2D eigenvalue weighted by molar-refractivity contribution is 0.261. The van der Waals surface area contributed by atoms with Gasteiger partial charge in [0, 0.05) is 36.2 Å². The smallest absolute Gasteiger partial charge is 0.0284 e. The summed E-state index contributed by atoms with van der Waals surface area (Å²) in [4.78, 5) is 2.54. The van der Waals surface area contributed by atoms with Crippen molar-refractivity contribution in [2.45, 2.75) is 30.6 Å². The van der Waals surface area contributed by atoms with Crippen molar-refractivity contribution < 1.29 is 0 Å². The van der Waals surface area contributed by atoms with E-state index in [2.05, 4.69) is 23.6 Å². The zero-order valence-electron chi connectivity index (χ0n) is 7.75. The van der Waals surface area contributed by atoms with Crippen LogP contribution in [0.2, 0.25) is 0 Å². The maximum absolute atomic E-state index is 6.07. The van der Waals surface area contributed by atoms with Gasteiger partial charge in [0.25, 0.3) is 0 Å². The number of rotatable bonds is 2. The fourth-order valence-electron chi connectivity index (χ4n) is 1.80. The molecule has 0 aromatic heterocycles. The van der Waals surface area contributed by atoms with Crippen molar-refractivity contribution >= 4 is 11.8 Å². The van der Waals surface area contributed by atoms with Crippen LogP contribution in [-0.2, 0) is 0 Å². The van der Waals surface area contributed by atoms with E-state index in [1.54, 1.807) is 0 Å². The Morgan fingerprint density at radius 3 is 2.92 bits per heavy atom. The van der Waals surface area contributed by atoms with Crippen LogP contribution >= 0.6 is 11.8 Å². The molecule has 2 nitrogen and oxygen atoms in total. The molecule has 1 saturated heterocycles. The summed E-state index contributed by atoms with van der Waals surface area (Å²) in [5.41, 5.74) is 6.28. The number of hydrogen-bond donors (Lipinski definition) is 1. The largest absolute Gasteiger partial charge is 0.324 e. The number of hydrogen-bond acceptors (Lipinski definition) is 3. The number of nitrogens with zero attached hydrogens (tertiary/aromatic N) is 1. The van der Waals surface area contributed by atoms with Gasteiger partial charge in [-0.3, -0.25) is 4.90 Å². The predicted molar refractivity (Wildman–Crippen MR) is 54.5 cm³/mol.